The fraction of sp³-hybridized carbons (Fsp3) is 0.846. The molecule has 0 aromatic carbocycles. The van der Waals surface area contributed by atoms with Gasteiger partial charge in [0, 0.05) is 13.0 Å². The zero-order valence-corrected chi connectivity index (χ0v) is 10.8. The van der Waals surface area contributed by atoms with Crippen LogP contribution < -0.4 is 0 Å². The molecule has 1 saturated heterocycles. The Bertz CT molecular complexity index is 325. The highest BCUT2D eigenvalue weighted by atomic mass is 16.5. The molecular formula is C13H21NO4. The topological polar surface area (TPSA) is 66.8 Å². The smallest absolute Gasteiger partial charge is 0.311 e. The highest BCUT2D eigenvalue weighted by Gasteiger charge is 2.39. The van der Waals surface area contributed by atoms with Crippen molar-refractivity contribution in [3.05, 3.63) is 0 Å². The zero-order valence-electron chi connectivity index (χ0n) is 10.8. The summed E-state index contributed by atoms with van der Waals surface area (Å²) in [6.45, 7) is 0.550. The summed E-state index contributed by atoms with van der Waals surface area (Å²) in [7, 11) is 1.71. The quantitative estimate of drug-likeness (QED) is 0.820. The van der Waals surface area contributed by atoms with Crippen molar-refractivity contribution >= 4 is 11.9 Å². The fourth-order valence-electron chi connectivity index (χ4n) is 2.96. The molecule has 2 rings (SSSR count). The van der Waals surface area contributed by atoms with Crippen molar-refractivity contribution in [3.8, 4) is 0 Å². The Kier molecular flexibility index (Phi) is 4.22. The maximum atomic E-state index is 12.3. The maximum Gasteiger partial charge on any atom is 0.311 e. The van der Waals surface area contributed by atoms with Crippen LogP contribution in [-0.4, -0.2) is 48.2 Å². The van der Waals surface area contributed by atoms with Crippen LogP contribution >= 0.6 is 0 Å². The van der Waals surface area contributed by atoms with Gasteiger partial charge in [0.05, 0.1) is 19.3 Å². The Hall–Kier alpha value is -1.10. The first-order valence-electron chi connectivity index (χ1n) is 6.68. The van der Waals surface area contributed by atoms with E-state index in [1.54, 1.807) is 11.9 Å². The van der Waals surface area contributed by atoms with E-state index in [2.05, 4.69) is 0 Å². The van der Waals surface area contributed by atoms with Gasteiger partial charge >= 0.3 is 5.97 Å². The third kappa shape index (κ3) is 2.66. The van der Waals surface area contributed by atoms with E-state index in [1.165, 1.54) is 6.42 Å². The first-order valence-corrected chi connectivity index (χ1v) is 6.68. The molecule has 18 heavy (non-hydrogen) atoms. The second kappa shape index (κ2) is 5.69. The molecule has 1 aliphatic carbocycles. The first kappa shape index (κ1) is 13.3. The van der Waals surface area contributed by atoms with E-state index in [4.69, 9.17) is 9.84 Å². The summed E-state index contributed by atoms with van der Waals surface area (Å²) in [5.41, 5.74) is 0. The summed E-state index contributed by atoms with van der Waals surface area (Å²) in [5, 5.41) is 9.11. The average Bonchev–Trinajstić information content (AvgIpc) is 2.87. The highest BCUT2D eigenvalue weighted by molar-refractivity contribution is 5.80. The van der Waals surface area contributed by atoms with Crippen molar-refractivity contribution in [2.45, 2.75) is 38.1 Å². The Morgan fingerprint density at radius 2 is 1.83 bits per heavy atom. The monoisotopic (exact) mass is 255 g/mol. The Morgan fingerprint density at radius 1 is 1.17 bits per heavy atom. The van der Waals surface area contributed by atoms with Gasteiger partial charge in [0.25, 0.3) is 0 Å². The van der Waals surface area contributed by atoms with Crippen LogP contribution in [0.1, 0.15) is 32.1 Å². The number of hydrogen-bond donors (Lipinski definition) is 1. The van der Waals surface area contributed by atoms with E-state index in [0.29, 0.717) is 6.61 Å². The SMILES string of the molecule is CN(C(=O)C1CCCCC1)C1COCC1C(=O)O. The highest BCUT2D eigenvalue weighted by Crippen LogP contribution is 2.27. The Balaban J connectivity index is 1.98. The lowest BCUT2D eigenvalue weighted by atomic mass is 9.87. The number of amides is 1. The number of likely N-dealkylation sites (N-methyl/N-ethyl adjacent to an activating group) is 1. The second-order valence-corrected chi connectivity index (χ2v) is 5.33. The molecule has 1 heterocycles. The van der Waals surface area contributed by atoms with E-state index < -0.39 is 11.9 Å². The number of rotatable bonds is 3. The summed E-state index contributed by atoms with van der Waals surface area (Å²) in [6.07, 6.45) is 5.29. The summed E-state index contributed by atoms with van der Waals surface area (Å²) in [6, 6.07) is -0.308. The summed E-state index contributed by atoms with van der Waals surface area (Å²) >= 11 is 0. The summed E-state index contributed by atoms with van der Waals surface area (Å²) in [5.74, 6) is -1.28. The Morgan fingerprint density at radius 3 is 2.44 bits per heavy atom. The molecule has 2 atom stereocenters. The van der Waals surface area contributed by atoms with E-state index in [9.17, 15) is 9.59 Å². The normalized spacial score (nSPS) is 29.2. The van der Waals surface area contributed by atoms with Gasteiger partial charge < -0.3 is 14.7 Å². The number of aliphatic carboxylic acids is 1. The van der Waals surface area contributed by atoms with Crippen molar-refractivity contribution in [2.24, 2.45) is 11.8 Å². The van der Waals surface area contributed by atoms with Crippen LogP contribution in [0.5, 0.6) is 0 Å². The third-order valence-electron chi connectivity index (χ3n) is 4.17. The fourth-order valence-corrected chi connectivity index (χ4v) is 2.96. The third-order valence-corrected chi connectivity index (χ3v) is 4.17. The maximum absolute atomic E-state index is 12.3. The van der Waals surface area contributed by atoms with Gasteiger partial charge in [-0.15, -0.1) is 0 Å². The van der Waals surface area contributed by atoms with Crippen LogP contribution in [-0.2, 0) is 14.3 Å². The van der Waals surface area contributed by atoms with Crippen LogP contribution in [0.15, 0.2) is 0 Å². The van der Waals surface area contributed by atoms with E-state index >= 15 is 0 Å². The minimum atomic E-state index is -0.874. The van der Waals surface area contributed by atoms with Gasteiger partial charge in [-0.1, -0.05) is 19.3 Å². The van der Waals surface area contributed by atoms with E-state index in [1.807, 2.05) is 0 Å². The van der Waals surface area contributed by atoms with Gasteiger partial charge in [0.1, 0.15) is 5.92 Å². The number of hydrogen-bond acceptors (Lipinski definition) is 3. The largest absolute Gasteiger partial charge is 0.481 e. The lowest BCUT2D eigenvalue weighted by Crippen LogP contribution is -2.46. The molecule has 1 N–H and O–H groups in total. The number of ether oxygens (including phenoxy) is 1. The number of nitrogens with zero attached hydrogens (tertiary/aromatic N) is 1. The van der Waals surface area contributed by atoms with Crippen molar-refractivity contribution in [1.82, 2.24) is 4.90 Å². The van der Waals surface area contributed by atoms with E-state index in [0.717, 1.165) is 25.7 Å². The van der Waals surface area contributed by atoms with Crippen LogP contribution in [0.25, 0.3) is 0 Å². The molecule has 0 bridgehead atoms. The van der Waals surface area contributed by atoms with Crippen molar-refractivity contribution in [1.29, 1.82) is 0 Å². The summed E-state index contributed by atoms with van der Waals surface area (Å²) in [4.78, 5) is 25.0. The van der Waals surface area contributed by atoms with Crippen molar-refractivity contribution < 1.29 is 19.4 Å². The van der Waals surface area contributed by atoms with Crippen LogP contribution in [0.2, 0.25) is 0 Å². The molecular weight excluding hydrogens is 234 g/mol. The van der Waals surface area contributed by atoms with Gasteiger partial charge in [-0.05, 0) is 12.8 Å². The number of carboxylic acid groups (broad SMARTS) is 1. The second-order valence-electron chi connectivity index (χ2n) is 5.33. The standard InChI is InChI=1S/C13H21NO4/c1-14(11-8-18-7-10(11)13(16)17)12(15)9-5-3-2-4-6-9/h9-11H,2-8H2,1H3,(H,16,17). The van der Waals surface area contributed by atoms with Crippen LogP contribution in [0, 0.1) is 11.8 Å². The molecule has 2 fully saturated rings. The molecule has 0 radical (unpaired) electrons. The van der Waals surface area contributed by atoms with Crippen molar-refractivity contribution in [3.63, 3.8) is 0 Å². The molecule has 1 aliphatic heterocycles. The lowest BCUT2D eigenvalue weighted by Gasteiger charge is -2.31. The number of carbonyl (C=O) groups excluding carboxylic acids is 1. The molecule has 2 aliphatic rings. The molecule has 0 spiro atoms. The molecule has 0 aromatic rings. The molecule has 102 valence electrons. The van der Waals surface area contributed by atoms with Gasteiger partial charge in [0.15, 0.2) is 0 Å². The van der Waals surface area contributed by atoms with Crippen molar-refractivity contribution in [2.75, 3.05) is 20.3 Å². The first-order chi connectivity index (χ1) is 8.61. The molecule has 5 nitrogen and oxygen atoms in total. The average molecular weight is 255 g/mol. The molecule has 1 amide bonds. The molecule has 0 aromatic heterocycles. The molecule has 1 saturated carbocycles. The predicted molar refractivity (Wildman–Crippen MR) is 65.1 cm³/mol. The minimum Gasteiger partial charge on any atom is -0.481 e. The Labute approximate surface area is 107 Å². The van der Waals surface area contributed by atoms with Crippen LogP contribution in [0.4, 0.5) is 0 Å². The van der Waals surface area contributed by atoms with Gasteiger partial charge in [-0.3, -0.25) is 9.59 Å². The lowest BCUT2D eigenvalue weighted by molar-refractivity contribution is -0.145. The number of carbonyl (C=O) groups is 2. The predicted octanol–water partition coefficient (Wildman–Crippen LogP) is 1.12. The minimum absolute atomic E-state index is 0.0822. The van der Waals surface area contributed by atoms with Gasteiger partial charge in [0.2, 0.25) is 5.91 Å². The zero-order chi connectivity index (χ0) is 13.1. The molecule has 2 unspecified atom stereocenters. The number of carboxylic acids is 1. The van der Waals surface area contributed by atoms with Gasteiger partial charge in [-0.2, -0.15) is 0 Å². The van der Waals surface area contributed by atoms with Gasteiger partial charge in [-0.25, -0.2) is 0 Å². The van der Waals surface area contributed by atoms with E-state index in [-0.39, 0.29) is 24.5 Å². The molecule has 5 heteroatoms. The summed E-state index contributed by atoms with van der Waals surface area (Å²) < 4.78 is 5.21. The van der Waals surface area contributed by atoms with Crippen LogP contribution in [0.3, 0.4) is 0 Å².